The number of hydrogen-bond acceptors (Lipinski definition) is 4. The van der Waals surface area contributed by atoms with Gasteiger partial charge in [0.2, 0.25) is 0 Å². The summed E-state index contributed by atoms with van der Waals surface area (Å²) in [6, 6.07) is 7.56. The van der Waals surface area contributed by atoms with E-state index in [-0.39, 0.29) is 23.0 Å². The van der Waals surface area contributed by atoms with Crippen molar-refractivity contribution in [2.24, 2.45) is 0 Å². The molecule has 3 rings (SSSR count). The summed E-state index contributed by atoms with van der Waals surface area (Å²) in [5, 5.41) is 0.918. The Balaban J connectivity index is 1.92. The van der Waals surface area contributed by atoms with Crippen LogP contribution in [0.15, 0.2) is 47.1 Å². The zero-order valence-corrected chi connectivity index (χ0v) is 16.1. The third-order valence-corrected chi connectivity index (χ3v) is 7.19. The van der Waals surface area contributed by atoms with E-state index in [2.05, 4.69) is 0 Å². The van der Waals surface area contributed by atoms with E-state index in [1.54, 1.807) is 17.8 Å². The standard InChI is InChI=1S/C18H21ClO3S2/c1-12(2)22-16-7-14(13-3-5-15(19)6-4-13)8-18(9-16)24(20,21)11-17-10-23-17/h3-6,8-9,12,14,17H,7,10-11H2,1-2H3. The van der Waals surface area contributed by atoms with Gasteiger partial charge in [-0.3, -0.25) is 0 Å². The molecule has 0 saturated carbocycles. The van der Waals surface area contributed by atoms with Gasteiger partial charge < -0.3 is 4.74 Å². The molecule has 130 valence electrons. The number of sulfone groups is 1. The van der Waals surface area contributed by atoms with Crippen LogP contribution in [-0.4, -0.2) is 31.3 Å². The van der Waals surface area contributed by atoms with Gasteiger partial charge in [-0.2, -0.15) is 11.8 Å². The molecule has 1 heterocycles. The van der Waals surface area contributed by atoms with Gasteiger partial charge in [0.15, 0.2) is 9.84 Å². The van der Waals surface area contributed by atoms with Gasteiger partial charge in [-0.25, -0.2) is 8.42 Å². The van der Waals surface area contributed by atoms with Gasteiger partial charge in [0.1, 0.15) is 0 Å². The number of allylic oxidation sites excluding steroid dienone is 3. The zero-order chi connectivity index (χ0) is 17.3. The van der Waals surface area contributed by atoms with E-state index in [9.17, 15) is 8.42 Å². The molecule has 2 unspecified atom stereocenters. The van der Waals surface area contributed by atoms with Crippen molar-refractivity contribution in [1.29, 1.82) is 0 Å². The highest BCUT2D eigenvalue weighted by molar-refractivity contribution is 8.08. The molecule has 0 amide bonds. The smallest absolute Gasteiger partial charge is 0.179 e. The van der Waals surface area contributed by atoms with Crippen LogP contribution in [0.3, 0.4) is 0 Å². The highest BCUT2D eigenvalue weighted by Crippen LogP contribution is 2.37. The van der Waals surface area contributed by atoms with Crippen LogP contribution in [-0.2, 0) is 14.6 Å². The third kappa shape index (κ3) is 4.58. The maximum Gasteiger partial charge on any atom is 0.179 e. The average Bonchev–Trinajstić information content (AvgIpc) is 3.30. The van der Waals surface area contributed by atoms with Crippen molar-refractivity contribution < 1.29 is 13.2 Å². The predicted molar refractivity (Wildman–Crippen MR) is 101 cm³/mol. The molecule has 3 nitrogen and oxygen atoms in total. The van der Waals surface area contributed by atoms with E-state index >= 15 is 0 Å². The summed E-state index contributed by atoms with van der Waals surface area (Å²) < 4.78 is 31.2. The van der Waals surface area contributed by atoms with Crippen molar-refractivity contribution in [2.45, 2.75) is 37.5 Å². The molecular weight excluding hydrogens is 364 g/mol. The van der Waals surface area contributed by atoms with Crippen LogP contribution >= 0.6 is 23.4 Å². The summed E-state index contributed by atoms with van der Waals surface area (Å²) in [4.78, 5) is 0.386. The van der Waals surface area contributed by atoms with Gasteiger partial charge in [-0.1, -0.05) is 29.8 Å². The number of halogens is 1. The number of benzene rings is 1. The molecule has 0 bridgehead atoms. The van der Waals surface area contributed by atoms with Crippen LogP contribution in [0, 0.1) is 0 Å². The molecule has 1 saturated heterocycles. The maximum absolute atomic E-state index is 12.7. The first-order valence-corrected chi connectivity index (χ1v) is 11.1. The molecule has 0 spiro atoms. The van der Waals surface area contributed by atoms with E-state index in [1.807, 2.05) is 44.2 Å². The lowest BCUT2D eigenvalue weighted by Crippen LogP contribution is -2.17. The number of hydrogen-bond donors (Lipinski definition) is 0. The van der Waals surface area contributed by atoms with Gasteiger partial charge in [0.25, 0.3) is 0 Å². The topological polar surface area (TPSA) is 43.4 Å². The fraction of sp³-hybridized carbons (Fsp3) is 0.444. The highest BCUT2D eigenvalue weighted by atomic mass is 35.5. The Morgan fingerprint density at radius 3 is 2.54 bits per heavy atom. The zero-order valence-electron chi connectivity index (χ0n) is 13.7. The minimum Gasteiger partial charge on any atom is -0.495 e. The molecule has 1 aromatic carbocycles. The second-order valence-electron chi connectivity index (χ2n) is 6.45. The molecule has 6 heteroatoms. The summed E-state index contributed by atoms with van der Waals surface area (Å²) in [5.41, 5.74) is 1.05. The van der Waals surface area contributed by atoms with E-state index in [4.69, 9.17) is 16.3 Å². The van der Waals surface area contributed by atoms with Crippen molar-refractivity contribution in [3.63, 3.8) is 0 Å². The molecular formula is C18H21ClO3S2. The maximum atomic E-state index is 12.7. The van der Waals surface area contributed by atoms with Crippen LogP contribution in [0.1, 0.15) is 31.7 Å². The van der Waals surface area contributed by atoms with E-state index in [0.29, 0.717) is 16.3 Å². The Labute approximate surface area is 153 Å². The molecule has 0 N–H and O–H groups in total. The lowest BCUT2D eigenvalue weighted by atomic mass is 9.91. The van der Waals surface area contributed by atoms with E-state index < -0.39 is 9.84 Å². The molecule has 1 aliphatic heterocycles. The molecule has 0 radical (unpaired) electrons. The van der Waals surface area contributed by atoms with Crippen LogP contribution in [0.4, 0.5) is 0 Å². The SMILES string of the molecule is CC(C)OC1=CC(S(=O)(=O)CC2CS2)=CC(c2ccc(Cl)cc2)C1. The summed E-state index contributed by atoms with van der Waals surface area (Å²) in [7, 11) is -3.28. The van der Waals surface area contributed by atoms with Gasteiger partial charge in [-0.05, 0) is 37.6 Å². The first-order valence-electron chi connectivity index (χ1n) is 8.02. The van der Waals surface area contributed by atoms with Crippen LogP contribution in [0.25, 0.3) is 0 Å². The number of rotatable bonds is 6. The first-order chi connectivity index (χ1) is 11.3. The van der Waals surface area contributed by atoms with Crippen LogP contribution < -0.4 is 0 Å². The Morgan fingerprint density at radius 2 is 1.96 bits per heavy atom. The Kier molecular flexibility index (Phi) is 5.33. The van der Waals surface area contributed by atoms with Crippen LogP contribution in [0.2, 0.25) is 5.02 Å². The normalized spacial score (nSPS) is 23.7. The van der Waals surface area contributed by atoms with E-state index in [1.165, 1.54) is 0 Å². The van der Waals surface area contributed by atoms with Crippen molar-refractivity contribution in [2.75, 3.05) is 11.5 Å². The lowest BCUT2D eigenvalue weighted by Gasteiger charge is -2.24. The van der Waals surface area contributed by atoms with Crippen molar-refractivity contribution >= 4 is 33.2 Å². The molecule has 1 aromatic rings. The molecule has 24 heavy (non-hydrogen) atoms. The van der Waals surface area contributed by atoms with Gasteiger partial charge >= 0.3 is 0 Å². The Morgan fingerprint density at radius 1 is 1.29 bits per heavy atom. The van der Waals surface area contributed by atoms with Crippen molar-refractivity contribution in [3.05, 3.63) is 57.7 Å². The Bertz CT molecular complexity index is 760. The van der Waals surface area contributed by atoms with E-state index in [0.717, 1.165) is 17.1 Å². The largest absolute Gasteiger partial charge is 0.495 e. The monoisotopic (exact) mass is 384 g/mol. The minimum absolute atomic E-state index is 0.0161. The van der Waals surface area contributed by atoms with Crippen molar-refractivity contribution in [3.8, 4) is 0 Å². The Hall–Kier alpha value is -0.910. The minimum atomic E-state index is -3.28. The fourth-order valence-corrected chi connectivity index (χ4v) is 5.68. The molecule has 2 atom stereocenters. The summed E-state index contributed by atoms with van der Waals surface area (Å²) in [6.07, 6.45) is 4.24. The second-order valence-corrected chi connectivity index (χ2v) is 10.2. The molecule has 2 aliphatic rings. The number of thioether (sulfide) groups is 1. The average molecular weight is 385 g/mol. The number of ether oxygens (including phenoxy) is 1. The highest BCUT2D eigenvalue weighted by Gasteiger charge is 2.32. The van der Waals surface area contributed by atoms with Gasteiger partial charge in [0, 0.05) is 28.4 Å². The second kappa shape index (κ2) is 7.14. The van der Waals surface area contributed by atoms with Crippen molar-refractivity contribution in [1.82, 2.24) is 0 Å². The molecule has 1 aliphatic carbocycles. The fourth-order valence-electron chi connectivity index (χ4n) is 2.75. The summed E-state index contributed by atoms with van der Waals surface area (Å²) >= 11 is 7.66. The predicted octanol–water partition coefficient (Wildman–Crippen LogP) is 4.55. The summed E-state index contributed by atoms with van der Waals surface area (Å²) in [6.45, 7) is 3.90. The van der Waals surface area contributed by atoms with Crippen LogP contribution in [0.5, 0.6) is 0 Å². The summed E-state index contributed by atoms with van der Waals surface area (Å²) in [5.74, 6) is 1.86. The first kappa shape index (κ1) is 17.9. The van der Waals surface area contributed by atoms with Gasteiger partial charge in [-0.15, -0.1) is 0 Å². The van der Waals surface area contributed by atoms with Gasteiger partial charge in [0.05, 0.1) is 22.5 Å². The molecule has 1 fully saturated rings. The quantitative estimate of drug-likeness (QED) is 0.675. The third-order valence-electron chi connectivity index (χ3n) is 3.94. The molecule has 0 aromatic heterocycles. The lowest BCUT2D eigenvalue weighted by molar-refractivity contribution is 0.137.